The van der Waals surface area contributed by atoms with Gasteiger partial charge in [-0.25, -0.2) is 0 Å². The van der Waals surface area contributed by atoms with Crippen LogP contribution in [0.4, 0.5) is 11.4 Å². The van der Waals surface area contributed by atoms with E-state index < -0.39 is 0 Å². The number of carbonyl (C=O) groups excluding carboxylic acids is 1. The van der Waals surface area contributed by atoms with E-state index in [9.17, 15) is 4.79 Å². The number of amides is 1. The van der Waals surface area contributed by atoms with Crippen molar-refractivity contribution in [2.45, 2.75) is 19.9 Å². The van der Waals surface area contributed by atoms with Crippen LogP contribution in [0.3, 0.4) is 0 Å². The lowest BCUT2D eigenvalue weighted by Gasteiger charge is -2.19. The summed E-state index contributed by atoms with van der Waals surface area (Å²) in [4.78, 5) is 12.3. The zero-order valence-electron chi connectivity index (χ0n) is 16.4. The molecular weight excluding hydrogens is 364 g/mol. The zero-order valence-corrected chi connectivity index (χ0v) is 16.4. The first-order valence-corrected chi connectivity index (χ1v) is 9.73. The van der Waals surface area contributed by atoms with Gasteiger partial charge in [0.2, 0.25) is 5.91 Å². The summed E-state index contributed by atoms with van der Waals surface area (Å²) in [5, 5.41) is 6.34. The number of carbonyl (C=O) groups is 1. The summed E-state index contributed by atoms with van der Waals surface area (Å²) in [5.74, 6) is 1.58. The van der Waals surface area contributed by atoms with E-state index in [-0.39, 0.29) is 5.91 Å². The number of nitrogens with one attached hydrogen (secondary N) is 2. The van der Waals surface area contributed by atoms with Gasteiger partial charge in [0.15, 0.2) is 11.5 Å². The SMILES string of the molecule is Cc1cccc(NC(=O)Cc2ccc(NCc3ccc4c(c3)OCCO4)cc2)c1. The lowest BCUT2D eigenvalue weighted by Crippen LogP contribution is -2.15. The van der Waals surface area contributed by atoms with Crippen molar-refractivity contribution in [3.63, 3.8) is 0 Å². The number of ether oxygens (including phenoxy) is 2. The van der Waals surface area contributed by atoms with E-state index in [0.717, 1.165) is 39.6 Å². The molecule has 0 bridgehead atoms. The third-order valence-corrected chi connectivity index (χ3v) is 4.72. The Morgan fingerprint density at radius 3 is 2.41 bits per heavy atom. The van der Waals surface area contributed by atoms with Crippen LogP contribution < -0.4 is 20.1 Å². The van der Waals surface area contributed by atoms with Gasteiger partial charge in [0, 0.05) is 17.9 Å². The van der Waals surface area contributed by atoms with Gasteiger partial charge in [-0.3, -0.25) is 4.79 Å². The molecule has 1 aliphatic heterocycles. The number of hydrogen-bond acceptors (Lipinski definition) is 4. The minimum atomic E-state index is -0.0208. The fourth-order valence-electron chi connectivity index (χ4n) is 3.26. The number of hydrogen-bond donors (Lipinski definition) is 2. The third-order valence-electron chi connectivity index (χ3n) is 4.72. The molecule has 1 amide bonds. The van der Waals surface area contributed by atoms with Crippen molar-refractivity contribution in [2.75, 3.05) is 23.8 Å². The fourth-order valence-corrected chi connectivity index (χ4v) is 3.26. The molecule has 0 unspecified atom stereocenters. The first-order chi connectivity index (χ1) is 14.2. The van der Waals surface area contributed by atoms with Crippen LogP contribution >= 0.6 is 0 Å². The maximum absolute atomic E-state index is 12.3. The first kappa shape index (κ1) is 18.9. The molecule has 0 radical (unpaired) electrons. The van der Waals surface area contributed by atoms with Crippen molar-refractivity contribution >= 4 is 17.3 Å². The predicted octanol–water partition coefficient (Wildman–Crippen LogP) is 4.56. The first-order valence-electron chi connectivity index (χ1n) is 9.73. The molecule has 0 aromatic heterocycles. The molecule has 3 aromatic rings. The molecule has 0 fully saturated rings. The van der Waals surface area contributed by atoms with E-state index >= 15 is 0 Å². The maximum Gasteiger partial charge on any atom is 0.228 e. The summed E-state index contributed by atoms with van der Waals surface area (Å²) in [6.45, 7) is 3.87. The molecule has 3 aromatic carbocycles. The van der Waals surface area contributed by atoms with E-state index in [1.807, 2.05) is 73.7 Å². The van der Waals surface area contributed by atoms with Crippen LogP contribution in [0.15, 0.2) is 66.7 Å². The highest BCUT2D eigenvalue weighted by molar-refractivity contribution is 5.92. The summed E-state index contributed by atoms with van der Waals surface area (Å²) in [7, 11) is 0. The highest BCUT2D eigenvalue weighted by atomic mass is 16.6. The quantitative estimate of drug-likeness (QED) is 0.650. The van der Waals surface area contributed by atoms with Crippen LogP contribution in [0.2, 0.25) is 0 Å². The number of benzene rings is 3. The monoisotopic (exact) mass is 388 g/mol. The van der Waals surface area contributed by atoms with Crippen molar-refractivity contribution < 1.29 is 14.3 Å². The summed E-state index contributed by atoms with van der Waals surface area (Å²) in [6.07, 6.45) is 0.344. The number of aryl methyl sites for hydroxylation is 1. The topological polar surface area (TPSA) is 59.6 Å². The van der Waals surface area contributed by atoms with E-state index in [2.05, 4.69) is 10.6 Å². The van der Waals surface area contributed by atoms with E-state index in [4.69, 9.17) is 9.47 Å². The lowest BCUT2D eigenvalue weighted by molar-refractivity contribution is -0.115. The molecular formula is C24H24N2O3. The molecule has 4 rings (SSSR count). The molecule has 2 N–H and O–H groups in total. The molecule has 148 valence electrons. The molecule has 0 aliphatic carbocycles. The normalized spacial score (nSPS) is 12.3. The van der Waals surface area contributed by atoms with Crippen molar-refractivity contribution in [2.24, 2.45) is 0 Å². The Morgan fingerprint density at radius 1 is 0.862 bits per heavy atom. The largest absolute Gasteiger partial charge is 0.486 e. The van der Waals surface area contributed by atoms with E-state index in [1.54, 1.807) is 0 Å². The van der Waals surface area contributed by atoms with Crippen molar-refractivity contribution in [1.82, 2.24) is 0 Å². The summed E-state index contributed by atoms with van der Waals surface area (Å²) >= 11 is 0. The second kappa shape index (κ2) is 8.69. The average Bonchev–Trinajstić information content (AvgIpc) is 2.73. The van der Waals surface area contributed by atoms with Gasteiger partial charge in [0.1, 0.15) is 13.2 Å². The van der Waals surface area contributed by atoms with E-state index in [0.29, 0.717) is 26.2 Å². The van der Waals surface area contributed by atoms with Gasteiger partial charge in [0.05, 0.1) is 6.42 Å². The lowest BCUT2D eigenvalue weighted by atomic mass is 10.1. The van der Waals surface area contributed by atoms with Gasteiger partial charge in [-0.1, -0.05) is 30.3 Å². The summed E-state index contributed by atoms with van der Waals surface area (Å²) < 4.78 is 11.2. The van der Waals surface area contributed by atoms with Crippen molar-refractivity contribution in [3.05, 3.63) is 83.4 Å². The Hall–Kier alpha value is -3.47. The van der Waals surface area contributed by atoms with Crippen LogP contribution in [-0.4, -0.2) is 19.1 Å². The molecule has 0 saturated carbocycles. The van der Waals surface area contributed by atoms with Gasteiger partial charge in [-0.2, -0.15) is 0 Å². The van der Waals surface area contributed by atoms with Gasteiger partial charge in [-0.15, -0.1) is 0 Å². The van der Waals surface area contributed by atoms with Crippen LogP contribution in [0, 0.1) is 6.92 Å². The fraction of sp³-hybridized carbons (Fsp3) is 0.208. The van der Waals surface area contributed by atoms with Crippen LogP contribution in [0.5, 0.6) is 11.5 Å². The van der Waals surface area contributed by atoms with Crippen LogP contribution in [-0.2, 0) is 17.8 Å². The highest BCUT2D eigenvalue weighted by Crippen LogP contribution is 2.31. The molecule has 5 nitrogen and oxygen atoms in total. The average molecular weight is 388 g/mol. The zero-order chi connectivity index (χ0) is 20.1. The number of fused-ring (bicyclic) bond motifs is 1. The van der Waals surface area contributed by atoms with Gasteiger partial charge >= 0.3 is 0 Å². The Bertz CT molecular complexity index is 999. The molecule has 0 spiro atoms. The third kappa shape index (κ3) is 5.08. The minimum Gasteiger partial charge on any atom is -0.486 e. The minimum absolute atomic E-state index is 0.0208. The Kier molecular flexibility index (Phi) is 5.66. The predicted molar refractivity (Wildman–Crippen MR) is 115 cm³/mol. The second-order valence-electron chi connectivity index (χ2n) is 7.12. The maximum atomic E-state index is 12.3. The number of rotatable bonds is 6. The van der Waals surface area contributed by atoms with Crippen molar-refractivity contribution in [3.8, 4) is 11.5 Å². The Balaban J connectivity index is 1.30. The second-order valence-corrected chi connectivity index (χ2v) is 7.12. The smallest absolute Gasteiger partial charge is 0.228 e. The summed E-state index contributed by atoms with van der Waals surface area (Å²) in [5.41, 5.74) is 5.04. The molecule has 29 heavy (non-hydrogen) atoms. The highest BCUT2D eigenvalue weighted by Gasteiger charge is 2.11. The standard InChI is InChI=1S/C24H24N2O3/c1-17-3-2-4-21(13-17)26-24(27)15-18-5-8-20(9-6-18)25-16-19-7-10-22-23(14-19)29-12-11-28-22/h2-10,13-14,25H,11-12,15-16H2,1H3,(H,26,27). The molecule has 1 heterocycles. The van der Waals surface area contributed by atoms with Gasteiger partial charge in [0.25, 0.3) is 0 Å². The molecule has 5 heteroatoms. The number of anilines is 2. The summed E-state index contributed by atoms with van der Waals surface area (Å²) in [6, 6.07) is 21.7. The molecule has 0 saturated heterocycles. The van der Waals surface area contributed by atoms with Crippen molar-refractivity contribution in [1.29, 1.82) is 0 Å². The van der Waals surface area contributed by atoms with Gasteiger partial charge in [-0.05, 0) is 60.0 Å². The molecule has 0 atom stereocenters. The van der Waals surface area contributed by atoms with Crippen LogP contribution in [0.1, 0.15) is 16.7 Å². The van der Waals surface area contributed by atoms with E-state index in [1.165, 1.54) is 0 Å². The molecule has 1 aliphatic rings. The Labute approximate surface area is 170 Å². The van der Waals surface area contributed by atoms with Gasteiger partial charge < -0.3 is 20.1 Å². The Morgan fingerprint density at radius 2 is 1.62 bits per heavy atom. The van der Waals surface area contributed by atoms with Crippen LogP contribution in [0.25, 0.3) is 0 Å².